The molecule has 0 amide bonds. The average molecular weight is 383 g/mol. The molecule has 0 radical (unpaired) electrons. The van der Waals surface area contributed by atoms with E-state index in [2.05, 4.69) is 4.98 Å². The lowest BCUT2D eigenvalue weighted by molar-refractivity contribution is 0.301. The van der Waals surface area contributed by atoms with Gasteiger partial charge in [-0.05, 0) is 24.6 Å². The zero-order valence-corrected chi connectivity index (χ0v) is 15.4. The fourth-order valence-electron chi connectivity index (χ4n) is 2.63. The number of aromatic nitrogens is 4. The van der Waals surface area contributed by atoms with Crippen LogP contribution in [0.25, 0.3) is 11.2 Å². The summed E-state index contributed by atoms with van der Waals surface area (Å²) in [6, 6.07) is 5.38. The van der Waals surface area contributed by atoms with Gasteiger partial charge in [0.15, 0.2) is 11.2 Å². The van der Waals surface area contributed by atoms with Crippen LogP contribution in [0.2, 0.25) is 10.0 Å². The highest BCUT2D eigenvalue weighted by Crippen LogP contribution is 2.25. The van der Waals surface area contributed by atoms with Gasteiger partial charge in [-0.15, -0.1) is 0 Å². The average Bonchev–Trinajstić information content (AvgIpc) is 2.92. The molecule has 0 aliphatic heterocycles. The molecule has 7 nitrogen and oxygen atoms in total. The summed E-state index contributed by atoms with van der Waals surface area (Å²) in [6.45, 7) is 2.44. The second-order valence-corrected chi connectivity index (χ2v) is 6.37. The van der Waals surface area contributed by atoms with E-state index >= 15 is 0 Å². The summed E-state index contributed by atoms with van der Waals surface area (Å²) < 4.78 is 9.55. The first-order valence-electron chi connectivity index (χ1n) is 7.58. The van der Waals surface area contributed by atoms with Crippen molar-refractivity contribution in [3.63, 3.8) is 0 Å². The molecule has 0 fully saturated rings. The number of aryl methyl sites for hydroxylation is 1. The molecule has 0 aliphatic rings. The predicted molar refractivity (Wildman–Crippen MR) is 96.9 cm³/mol. The standard InChI is InChI=1S/C16H16Cl2N4O3/c1-4-25-15-19-13-12(14(23)21(3)16(24)20(13)2)22(15)8-9-5-6-10(17)7-11(9)18/h5-7H,4,8H2,1-3H3. The molecule has 2 heterocycles. The van der Waals surface area contributed by atoms with Crippen molar-refractivity contribution in [3.8, 4) is 6.01 Å². The summed E-state index contributed by atoms with van der Waals surface area (Å²) in [5.41, 5.74) is 0.402. The smallest absolute Gasteiger partial charge is 0.332 e. The van der Waals surface area contributed by atoms with Gasteiger partial charge in [-0.1, -0.05) is 29.3 Å². The Kier molecular flexibility index (Phi) is 4.62. The Morgan fingerprint density at radius 1 is 1.16 bits per heavy atom. The van der Waals surface area contributed by atoms with E-state index in [0.717, 1.165) is 10.1 Å². The van der Waals surface area contributed by atoms with Crippen molar-refractivity contribution < 1.29 is 4.74 Å². The molecule has 0 unspecified atom stereocenters. The van der Waals surface area contributed by atoms with Crippen LogP contribution in [0.1, 0.15) is 12.5 Å². The molecular weight excluding hydrogens is 367 g/mol. The largest absolute Gasteiger partial charge is 0.465 e. The molecule has 3 aromatic rings. The number of ether oxygens (including phenoxy) is 1. The van der Waals surface area contributed by atoms with E-state index in [1.54, 1.807) is 29.8 Å². The summed E-state index contributed by atoms with van der Waals surface area (Å²) in [4.78, 5) is 29.1. The third kappa shape index (κ3) is 2.94. The van der Waals surface area contributed by atoms with E-state index < -0.39 is 11.2 Å². The highest BCUT2D eigenvalue weighted by atomic mass is 35.5. The molecule has 0 bridgehead atoms. The number of fused-ring (bicyclic) bond motifs is 1. The Morgan fingerprint density at radius 2 is 1.88 bits per heavy atom. The number of benzene rings is 1. The second-order valence-electron chi connectivity index (χ2n) is 5.53. The minimum Gasteiger partial charge on any atom is -0.465 e. The topological polar surface area (TPSA) is 71.1 Å². The maximum atomic E-state index is 12.6. The summed E-state index contributed by atoms with van der Waals surface area (Å²) in [6.07, 6.45) is 0. The van der Waals surface area contributed by atoms with E-state index in [1.807, 2.05) is 6.92 Å². The number of halogens is 2. The zero-order valence-electron chi connectivity index (χ0n) is 13.9. The van der Waals surface area contributed by atoms with Crippen LogP contribution in [-0.2, 0) is 20.6 Å². The van der Waals surface area contributed by atoms with Crippen LogP contribution >= 0.6 is 23.2 Å². The molecule has 2 aromatic heterocycles. The summed E-state index contributed by atoms with van der Waals surface area (Å²) in [5, 5.41) is 0.992. The zero-order chi connectivity index (χ0) is 18.3. The first-order chi connectivity index (χ1) is 11.8. The monoisotopic (exact) mass is 382 g/mol. The second kappa shape index (κ2) is 6.57. The number of imidazole rings is 1. The lowest BCUT2D eigenvalue weighted by Crippen LogP contribution is -2.37. The molecule has 3 rings (SSSR count). The van der Waals surface area contributed by atoms with Gasteiger partial charge in [-0.25, -0.2) is 4.79 Å². The van der Waals surface area contributed by atoms with Gasteiger partial charge in [0.25, 0.3) is 11.6 Å². The van der Waals surface area contributed by atoms with Gasteiger partial charge >= 0.3 is 5.69 Å². The van der Waals surface area contributed by atoms with Crippen molar-refractivity contribution in [2.24, 2.45) is 14.1 Å². The summed E-state index contributed by atoms with van der Waals surface area (Å²) in [7, 11) is 2.99. The third-order valence-corrected chi connectivity index (χ3v) is 4.52. The molecule has 0 N–H and O–H groups in total. The maximum Gasteiger partial charge on any atom is 0.332 e. The first-order valence-corrected chi connectivity index (χ1v) is 8.33. The minimum atomic E-state index is -0.449. The van der Waals surface area contributed by atoms with E-state index in [9.17, 15) is 9.59 Å². The van der Waals surface area contributed by atoms with Gasteiger partial charge in [-0.2, -0.15) is 4.98 Å². The van der Waals surface area contributed by atoms with Gasteiger partial charge in [0.2, 0.25) is 0 Å². The molecule has 0 atom stereocenters. The highest BCUT2D eigenvalue weighted by Gasteiger charge is 2.20. The maximum absolute atomic E-state index is 12.6. The van der Waals surface area contributed by atoms with Crippen molar-refractivity contribution in [1.29, 1.82) is 0 Å². The van der Waals surface area contributed by atoms with E-state index in [0.29, 0.717) is 16.7 Å². The van der Waals surface area contributed by atoms with Gasteiger partial charge in [0, 0.05) is 24.1 Å². The quantitative estimate of drug-likeness (QED) is 0.693. The van der Waals surface area contributed by atoms with Crippen molar-refractivity contribution >= 4 is 34.4 Å². The predicted octanol–water partition coefficient (Wildman–Crippen LogP) is 2.19. The fraction of sp³-hybridized carbons (Fsp3) is 0.312. The van der Waals surface area contributed by atoms with Gasteiger partial charge in [-0.3, -0.25) is 18.5 Å². The Morgan fingerprint density at radius 3 is 2.52 bits per heavy atom. The molecule has 25 heavy (non-hydrogen) atoms. The number of rotatable bonds is 4. The van der Waals surface area contributed by atoms with Gasteiger partial charge < -0.3 is 4.74 Å². The summed E-state index contributed by atoms with van der Waals surface area (Å²) >= 11 is 12.2. The molecule has 0 aliphatic carbocycles. The summed E-state index contributed by atoms with van der Waals surface area (Å²) in [5.74, 6) is 0. The van der Waals surface area contributed by atoms with E-state index in [4.69, 9.17) is 27.9 Å². The van der Waals surface area contributed by atoms with Crippen molar-refractivity contribution in [2.45, 2.75) is 13.5 Å². The van der Waals surface area contributed by atoms with E-state index in [1.165, 1.54) is 11.6 Å². The Hall–Kier alpha value is -2.25. The van der Waals surface area contributed by atoms with Crippen LogP contribution in [0, 0.1) is 0 Å². The number of hydrogen-bond donors (Lipinski definition) is 0. The lowest BCUT2D eigenvalue weighted by Gasteiger charge is -2.11. The van der Waals surface area contributed by atoms with Crippen LogP contribution in [0.5, 0.6) is 6.01 Å². The number of hydrogen-bond acceptors (Lipinski definition) is 4. The fourth-order valence-corrected chi connectivity index (χ4v) is 3.10. The number of nitrogens with zero attached hydrogens (tertiary/aromatic N) is 4. The van der Waals surface area contributed by atoms with E-state index in [-0.39, 0.29) is 23.7 Å². The van der Waals surface area contributed by atoms with Crippen molar-refractivity contribution in [2.75, 3.05) is 6.61 Å². The van der Waals surface area contributed by atoms with Crippen molar-refractivity contribution in [3.05, 3.63) is 54.6 Å². The molecule has 0 spiro atoms. The van der Waals surface area contributed by atoms with Crippen LogP contribution < -0.4 is 16.0 Å². The lowest BCUT2D eigenvalue weighted by atomic mass is 10.2. The van der Waals surface area contributed by atoms with Gasteiger partial charge in [0.05, 0.1) is 13.2 Å². The SMILES string of the molecule is CCOc1nc2c(c(=O)n(C)c(=O)n2C)n1Cc1ccc(Cl)cc1Cl. The molecule has 0 saturated heterocycles. The Bertz CT molecular complexity index is 1080. The molecule has 132 valence electrons. The normalized spacial score (nSPS) is 11.2. The molecule has 0 saturated carbocycles. The minimum absolute atomic E-state index is 0.252. The van der Waals surface area contributed by atoms with Crippen LogP contribution in [0.4, 0.5) is 0 Å². The van der Waals surface area contributed by atoms with Crippen LogP contribution in [-0.4, -0.2) is 25.3 Å². The molecule has 1 aromatic carbocycles. The highest BCUT2D eigenvalue weighted by molar-refractivity contribution is 6.35. The van der Waals surface area contributed by atoms with Crippen LogP contribution in [0.3, 0.4) is 0 Å². The Labute approximate surface area is 153 Å². The Balaban J connectivity index is 2.30. The molecular formula is C16H16Cl2N4O3. The van der Waals surface area contributed by atoms with Crippen molar-refractivity contribution in [1.82, 2.24) is 18.7 Å². The first kappa shape index (κ1) is 17.6. The molecule has 9 heteroatoms. The third-order valence-electron chi connectivity index (χ3n) is 3.93. The van der Waals surface area contributed by atoms with Crippen LogP contribution in [0.15, 0.2) is 27.8 Å². The van der Waals surface area contributed by atoms with Gasteiger partial charge in [0.1, 0.15) is 0 Å².